The highest BCUT2D eigenvalue weighted by atomic mass is 16.5. The van der Waals surface area contributed by atoms with Gasteiger partial charge < -0.3 is 23.8 Å². The number of amides is 3. The van der Waals surface area contributed by atoms with Crippen LogP contribution in [-0.4, -0.2) is 47.1 Å². The summed E-state index contributed by atoms with van der Waals surface area (Å²) in [5.41, 5.74) is 1.52. The van der Waals surface area contributed by atoms with E-state index in [2.05, 4.69) is 10.1 Å². The number of carbonyl (C=O) groups is 4. The molecule has 3 aromatic rings. The molecule has 1 N–H and O–H groups in total. The zero-order valence-electron chi connectivity index (χ0n) is 18.9. The quantitative estimate of drug-likeness (QED) is 0.323. The summed E-state index contributed by atoms with van der Waals surface area (Å²) in [6, 6.07) is 9.15. The number of nitrogens with one attached hydrogen (secondary N) is 1. The normalized spacial score (nSPS) is 15.6. The molecule has 2 aromatic heterocycles. The van der Waals surface area contributed by atoms with Gasteiger partial charge in [-0.05, 0) is 38.1 Å². The van der Waals surface area contributed by atoms with Crippen molar-refractivity contribution in [2.75, 3.05) is 13.7 Å². The molecule has 3 amide bonds. The number of esters is 2. The summed E-state index contributed by atoms with van der Waals surface area (Å²) in [5.74, 6) is -1.34. The number of furan rings is 1. The Kier molecular flexibility index (Phi) is 6.22. The van der Waals surface area contributed by atoms with Crippen molar-refractivity contribution >= 4 is 40.9 Å². The van der Waals surface area contributed by atoms with Gasteiger partial charge in [-0.25, -0.2) is 14.4 Å². The highest BCUT2D eigenvalue weighted by Gasteiger charge is 2.34. The molecule has 10 nitrogen and oxygen atoms in total. The van der Waals surface area contributed by atoms with Crippen molar-refractivity contribution in [3.05, 3.63) is 65.4 Å². The minimum atomic E-state index is -0.655. The Morgan fingerprint density at radius 2 is 1.94 bits per heavy atom. The van der Waals surface area contributed by atoms with Crippen LogP contribution in [0.25, 0.3) is 17.0 Å². The third-order valence-electron chi connectivity index (χ3n) is 5.44. The van der Waals surface area contributed by atoms with Gasteiger partial charge in [0.2, 0.25) is 5.76 Å². The predicted octanol–water partition coefficient (Wildman–Crippen LogP) is 3.24. The Balaban J connectivity index is 1.62. The average Bonchev–Trinajstić information content (AvgIpc) is 3.52. The van der Waals surface area contributed by atoms with Crippen LogP contribution in [-0.2, 0) is 25.6 Å². The Labute approximate surface area is 194 Å². The lowest BCUT2D eigenvalue weighted by molar-refractivity contribution is -0.146. The van der Waals surface area contributed by atoms with Crippen LogP contribution in [0.1, 0.15) is 41.8 Å². The topological polar surface area (TPSA) is 120 Å². The van der Waals surface area contributed by atoms with E-state index in [-0.39, 0.29) is 36.3 Å². The molecular formula is C24H23N3O7. The van der Waals surface area contributed by atoms with Gasteiger partial charge in [-0.1, -0.05) is 18.2 Å². The standard InChI is InChI=1S/C24H23N3O7/c1-4-33-22(29)14(2)26-12-15(17-7-5-6-8-19(17)26)11-18-21(28)27(24(31)25-18)13-16-9-10-20(34-16)23(30)32-3/h5-12,14H,4,13H2,1-3H3,(H,25,31)/b18-11-/t14-/m1/s1. The SMILES string of the molecule is CCOC(=O)[C@@H](C)n1cc(/C=C2\NC(=O)N(Cc3ccc(C(=O)OC)o3)C2=O)c2ccccc21. The molecule has 1 fully saturated rings. The molecule has 0 radical (unpaired) electrons. The van der Waals surface area contributed by atoms with Crippen molar-refractivity contribution in [2.45, 2.75) is 26.4 Å². The van der Waals surface area contributed by atoms with Gasteiger partial charge in [-0.2, -0.15) is 0 Å². The van der Waals surface area contributed by atoms with Crippen LogP contribution in [0.4, 0.5) is 4.79 Å². The fourth-order valence-corrected chi connectivity index (χ4v) is 3.74. The number of hydrogen-bond donors (Lipinski definition) is 1. The molecule has 0 spiro atoms. The molecule has 176 valence electrons. The summed E-state index contributed by atoms with van der Waals surface area (Å²) in [5, 5.41) is 3.38. The van der Waals surface area contributed by atoms with Crippen LogP contribution in [0.2, 0.25) is 0 Å². The fourth-order valence-electron chi connectivity index (χ4n) is 3.74. The van der Waals surface area contributed by atoms with Crippen LogP contribution < -0.4 is 5.32 Å². The van der Waals surface area contributed by atoms with Crippen LogP contribution in [0.5, 0.6) is 0 Å². The van der Waals surface area contributed by atoms with Crippen molar-refractivity contribution in [3.63, 3.8) is 0 Å². The maximum Gasteiger partial charge on any atom is 0.373 e. The molecule has 34 heavy (non-hydrogen) atoms. The number of ether oxygens (including phenoxy) is 2. The fraction of sp³-hybridized carbons (Fsp3) is 0.250. The first-order valence-corrected chi connectivity index (χ1v) is 10.6. The molecule has 0 aliphatic carbocycles. The minimum absolute atomic E-state index is 0.0242. The molecule has 3 heterocycles. The predicted molar refractivity (Wildman–Crippen MR) is 120 cm³/mol. The van der Waals surface area contributed by atoms with Gasteiger partial charge in [0, 0.05) is 22.7 Å². The number of aromatic nitrogens is 1. The molecule has 10 heteroatoms. The zero-order chi connectivity index (χ0) is 24.4. The third kappa shape index (κ3) is 4.17. The summed E-state index contributed by atoms with van der Waals surface area (Å²) in [4.78, 5) is 50.3. The van der Waals surface area contributed by atoms with Gasteiger partial charge in [0.15, 0.2) is 0 Å². The van der Waals surface area contributed by atoms with Crippen molar-refractivity contribution in [1.82, 2.24) is 14.8 Å². The zero-order valence-corrected chi connectivity index (χ0v) is 18.9. The summed E-state index contributed by atoms with van der Waals surface area (Å²) in [7, 11) is 1.23. The first kappa shape index (κ1) is 22.8. The van der Waals surface area contributed by atoms with Gasteiger partial charge in [0.1, 0.15) is 17.5 Å². The van der Waals surface area contributed by atoms with Crippen molar-refractivity contribution in [2.24, 2.45) is 0 Å². The molecule has 0 saturated carbocycles. The number of nitrogens with zero attached hydrogens (tertiary/aromatic N) is 2. The molecule has 1 saturated heterocycles. The summed E-state index contributed by atoms with van der Waals surface area (Å²) < 4.78 is 16.9. The van der Waals surface area contributed by atoms with E-state index < -0.39 is 23.9 Å². The van der Waals surface area contributed by atoms with Crippen molar-refractivity contribution < 1.29 is 33.1 Å². The number of rotatable bonds is 7. The third-order valence-corrected chi connectivity index (χ3v) is 5.44. The summed E-state index contributed by atoms with van der Waals surface area (Å²) >= 11 is 0. The average molecular weight is 465 g/mol. The van der Waals surface area contributed by atoms with Crippen molar-refractivity contribution in [1.29, 1.82) is 0 Å². The Morgan fingerprint density at radius 1 is 1.18 bits per heavy atom. The van der Waals surface area contributed by atoms with E-state index in [4.69, 9.17) is 9.15 Å². The van der Waals surface area contributed by atoms with Gasteiger partial charge in [0.25, 0.3) is 5.91 Å². The lowest BCUT2D eigenvalue weighted by atomic mass is 10.1. The Bertz CT molecular complexity index is 1320. The molecule has 1 aromatic carbocycles. The summed E-state index contributed by atoms with van der Waals surface area (Å²) in [6.07, 6.45) is 3.31. The Hall–Kier alpha value is -4.34. The van der Waals surface area contributed by atoms with Crippen LogP contribution in [0, 0.1) is 0 Å². The van der Waals surface area contributed by atoms with Gasteiger partial charge in [0.05, 0.1) is 20.3 Å². The van der Waals surface area contributed by atoms with E-state index in [1.165, 1.54) is 19.2 Å². The molecule has 1 atom stereocenters. The maximum absolute atomic E-state index is 13.0. The number of fused-ring (bicyclic) bond motifs is 1. The molecular weight excluding hydrogens is 442 g/mol. The number of para-hydroxylation sites is 1. The molecule has 4 rings (SSSR count). The highest BCUT2D eigenvalue weighted by molar-refractivity contribution is 6.14. The first-order chi connectivity index (χ1) is 16.3. The van der Waals surface area contributed by atoms with E-state index in [1.54, 1.807) is 30.7 Å². The molecule has 1 aliphatic heterocycles. The Morgan fingerprint density at radius 3 is 2.68 bits per heavy atom. The second-order valence-electron chi connectivity index (χ2n) is 7.57. The smallest absolute Gasteiger partial charge is 0.373 e. The van der Waals surface area contributed by atoms with Gasteiger partial charge in [-0.3, -0.25) is 9.69 Å². The lowest BCUT2D eigenvalue weighted by Crippen LogP contribution is -2.30. The number of hydrogen-bond acceptors (Lipinski definition) is 7. The second kappa shape index (κ2) is 9.26. The lowest BCUT2D eigenvalue weighted by Gasteiger charge is -2.13. The van der Waals surface area contributed by atoms with Gasteiger partial charge >= 0.3 is 18.0 Å². The number of imide groups is 1. The van der Waals surface area contributed by atoms with Gasteiger partial charge in [-0.15, -0.1) is 0 Å². The molecule has 0 unspecified atom stereocenters. The van der Waals surface area contributed by atoms with E-state index in [0.717, 1.165) is 15.8 Å². The molecule has 0 bridgehead atoms. The highest BCUT2D eigenvalue weighted by Crippen LogP contribution is 2.28. The number of methoxy groups -OCH3 is 1. The van der Waals surface area contributed by atoms with Crippen LogP contribution >= 0.6 is 0 Å². The van der Waals surface area contributed by atoms with Crippen LogP contribution in [0.15, 0.2) is 52.7 Å². The number of benzene rings is 1. The number of urea groups is 1. The van der Waals surface area contributed by atoms with E-state index in [0.29, 0.717) is 5.56 Å². The van der Waals surface area contributed by atoms with Crippen molar-refractivity contribution in [3.8, 4) is 0 Å². The monoisotopic (exact) mass is 465 g/mol. The molecule has 1 aliphatic rings. The van der Waals surface area contributed by atoms with Crippen LogP contribution in [0.3, 0.4) is 0 Å². The first-order valence-electron chi connectivity index (χ1n) is 10.6. The minimum Gasteiger partial charge on any atom is -0.464 e. The maximum atomic E-state index is 13.0. The van der Waals surface area contributed by atoms with E-state index >= 15 is 0 Å². The van der Waals surface area contributed by atoms with E-state index in [1.807, 2.05) is 24.3 Å². The second-order valence-corrected chi connectivity index (χ2v) is 7.57. The number of carbonyl (C=O) groups excluding carboxylic acids is 4. The largest absolute Gasteiger partial charge is 0.464 e. The van der Waals surface area contributed by atoms with E-state index in [9.17, 15) is 19.2 Å². The summed E-state index contributed by atoms with van der Waals surface area (Å²) in [6.45, 7) is 3.60.